The minimum atomic E-state index is -3.60. The summed E-state index contributed by atoms with van der Waals surface area (Å²) in [5.41, 5.74) is 0.253. The Morgan fingerprint density at radius 2 is 1.87 bits per heavy atom. The van der Waals surface area contributed by atoms with Gasteiger partial charge in [-0.3, -0.25) is 4.79 Å². The van der Waals surface area contributed by atoms with Gasteiger partial charge in [0.05, 0.1) is 15.5 Å². The van der Waals surface area contributed by atoms with E-state index in [2.05, 4.69) is 0 Å². The molecule has 2 rings (SSSR count). The Kier molecular flexibility index (Phi) is 5.70. The van der Waals surface area contributed by atoms with Crippen molar-refractivity contribution >= 4 is 27.5 Å². The Morgan fingerprint density at radius 3 is 2.39 bits per heavy atom. The molecule has 0 unspecified atom stereocenters. The number of amides is 1. The number of hydrogen-bond acceptors (Lipinski definition) is 3. The molecule has 1 aliphatic carbocycles. The average Bonchev–Trinajstić information content (AvgIpc) is 3.02. The van der Waals surface area contributed by atoms with Crippen LogP contribution in [0.4, 0.5) is 0 Å². The molecule has 23 heavy (non-hydrogen) atoms. The van der Waals surface area contributed by atoms with Crippen LogP contribution in [0.3, 0.4) is 0 Å². The van der Waals surface area contributed by atoms with E-state index in [1.165, 1.54) is 32.3 Å². The van der Waals surface area contributed by atoms with Gasteiger partial charge in [-0.2, -0.15) is 0 Å². The smallest absolute Gasteiger partial charge is 0.255 e. The van der Waals surface area contributed by atoms with Gasteiger partial charge in [-0.25, -0.2) is 12.7 Å². The summed E-state index contributed by atoms with van der Waals surface area (Å²) in [5.74, 6) is -0.194. The molecule has 0 aliphatic heterocycles. The third-order valence-electron chi connectivity index (χ3n) is 4.31. The van der Waals surface area contributed by atoms with Crippen LogP contribution in [0.5, 0.6) is 0 Å². The lowest BCUT2D eigenvalue weighted by molar-refractivity contribution is 0.0693. The summed E-state index contributed by atoms with van der Waals surface area (Å²) in [6, 6.07) is 4.52. The summed E-state index contributed by atoms with van der Waals surface area (Å²) < 4.78 is 25.7. The number of nitrogens with zero attached hydrogens (tertiary/aromatic N) is 2. The van der Waals surface area contributed by atoms with E-state index in [-0.39, 0.29) is 27.4 Å². The van der Waals surface area contributed by atoms with Crippen molar-refractivity contribution in [3.8, 4) is 0 Å². The van der Waals surface area contributed by atoms with Gasteiger partial charge in [0.15, 0.2) is 0 Å². The van der Waals surface area contributed by atoms with Gasteiger partial charge in [0.2, 0.25) is 10.0 Å². The summed E-state index contributed by atoms with van der Waals surface area (Å²) in [5, 5.41) is 0.282. The fraction of sp³-hybridized carbons (Fsp3) is 0.562. The third-order valence-corrected chi connectivity index (χ3v) is 6.45. The van der Waals surface area contributed by atoms with E-state index >= 15 is 0 Å². The molecule has 0 aromatic heterocycles. The Labute approximate surface area is 143 Å². The average molecular weight is 359 g/mol. The molecule has 1 fully saturated rings. The van der Waals surface area contributed by atoms with Crippen molar-refractivity contribution in [3.05, 3.63) is 28.8 Å². The fourth-order valence-electron chi connectivity index (χ4n) is 2.98. The molecule has 1 amide bonds. The van der Waals surface area contributed by atoms with E-state index < -0.39 is 10.0 Å². The highest BCUT2D eigenvalue weighted by molar-refractivity contribution is 7.89. The second-order valence-corrected chi connectivity index (χ2v) is 8.52. The molecule has 1 aliphatic rings. The molecule has 7 heteroatoms. The van der Waals surface area contributed by atoms with Crippen LogP contribution in [-0.2, 0) is 10.0 Å². The summed E-state index contributed by atoms with van der Waals surface area (Å²) in [4.78, 5) is 14.8. The maximum absolute atomic E-state index is 12.9. The predicted octanol–water partition coefficient (Wildman–Crippen LogP) is 3.00. The number of rotatable bonds is 5. The van der Waals surface area contributed by atoms with Gasteiger partial charge in [-0.15, -0.1) is 0 Å². The molecular weight excluding hydrogens is 336 g/mol. The van der Waals surface area contributed by atoms with Gasteiger partial charge in [-0.05, 0) is 38.0 Å². The molecule has 1 aromatic carbocycles. The maximum atomic E-state index is 12.9. The molecule has 0 atom stereocenters. The van der Waals surface area contributed by atoms with Gasteiger partial charge < -0.3 is 4.90 Å². The molecule has 0 N–H and O–H groups in total. The highest BCUT2D eigenvalue weighted by atomic mass is 35.5. The highest BCUT2D eigenvalue weighted by Gasteiger charge is 2.28. The van der Waals surface area contributed by atoms with Gasteiger partial charge >= 0.3 is 0 Å². The SMILES string of the molecule is CCN(C(=O)c1cc(S(=O)(=O)N(C)C)ccc1Cl)C1CCCC1. The zero-order chi connectivity index (χ0) is 17.2. The van der Waals surface area contributed by atoms with Gasteiger partial charge in [0.25, 0.3) is 5.91 Å². The number of hydrogen-bond donors (Lipinski definition) is 0. The lowest BCUT2D eigenvalue weighted by Crippen LogP contribution is -2.38. The number of benzene rings is 1. The minimum Gasteiger partial charge on any atom is -0.336 e. The minimum absolute atomic E-state index is 0.0812. The summed E-state index contributed by atoms with van der Waals surface area (Å²) >= 11 is 6.17. The van der Waals surface area contributed by atoms with Gasteiger partial charge in [0, 0.05) is 26.7 Å². The Bertz CT molecular complexity index is 683. The first-order valence-corrected chi connectivity index (χ1v) is 9.64. The van der Waals surface area contributed by atoms with Crippen molar-refractivity contribution in [2.75, 3.05) is 20.6 Å². The zero-order valence-electron chi connectivity index (χ0n) is 13.8. The third kappa shape index (κ3) is 3.70. The summed E-state index contributed by atoms with van der Waals surface area (Å²) in [7, 11) is -0.676. The molecule has 0 heterocycles. The first kappa shape index (κ1) is 18.2. The molecule has 5 nitrogen and oxygen atoms in total. The fourth-order valence-corrected chi connectivity index (χ4v) is 4.10. The van der Waals surface area contributed by atoms with E-state index in [4.69, 9.17) is 11.6 Å². The number of carbonyl (C=O) groups is 1. The van der Waals surface area contributed by atoms with Crippen LogP contribution in [-0.4, -0.2) is 50.2 Å². The molecular formula is C16H23ClN2O3S. The maximum Gasteiger partial charge on any atom is 0.255 e. The van der Waals surface area contributed by atoms with Crippen LogP contribution >= 0.6 is 11.6 Å². The van der Waals surface area contributed by atoms with Crippen LogP contribution in [0, 0.1) is 0 Å². The number of sulfonamides is 1. The van der Waals surface area contributed by atoms with E-state index in [0.717, 1.165) is 30.0 Å². The highest BCUT2D eigenvalue weighted by Crippen LogP contribution is 2.28. The van der Waals surface area contributed by atoms with Crippen molar-refractivity contribution < 1.29 is 13.2 Å². The van der Waals surface area contributed by atoms with E-state index in [9.17, 15) is 13.2 Å². The van der Waals surface area contributed by atoms with Crippen LogP contribution in [0.1, 0.15) is 43.0 Å². The van der Waals surface area contributed by atoms with Crippen molar-refractivity contribution in [3.63, 3.8) is 0 Å². The summed E-state index contributed by atoms with van der Waals surface area (Å²) in [6.07, 6.45) is 4.23. The standard InChI is InChI=1S/C16H23ClN2O3S/c1-4-19(12-7-5-6-8-12)16(20)14-11-13(9-10-15(14)17)23(21,22)18(2)3/h9-12H,4-8H2,1-3H3. The quantitative estimate of drug-likeness (QED) is 0.813. The normalized spacial score (nSPS) is 16.0. The largest absolute Gasteiger partial charge is 0.336 e. The second-order valence-electron chi connectivity index (χ2n) is 5.96. The van der Waals surface area contributed by atoms with Crippen molar-refractivity contribution in [1.29, 1.82) is 0 Å². The molecule has 1 aromatic rings. The van der Waals surface area contributed by atoms with Crippen molar-refractivity contribution in [2.24, 2.45) is 0 Å². The first-order valence-electron chi connectivity index (χ1n) is 7.82. The topological polar surface area (TPSA) is 57.7 Å². The van der Waals surface area contributed by atoms with E-state index in [1.807, 2.05) is 6.92 Å². The zero-order valence-corrected chi connectivity index (χ0v) is 15.3. The number of carbonyl (C=O) groups excluding carboxylic acids is 1. The van der Waals surface area contributed by atoms with E-state index in [1.54, 1.807) is 4.90 Å². The van der Waals surface area contributed by atoms with Crippen LogP contribution in [0.25, 0.3) is 0 Å². The van der Waals surface area contributed by atoms with Crippen LogP contribution < -0.4 is 0 Å². The molecule has 0 spiro atoms. The molecule has 0 bridgehead atoms. The lowest BCUT2D eigenvalue weighted by atomic mass is 10.1. The Balaban J connectivity index is 2.40. The Hall–Kier alpha value is -1.11. The van der Waals surface area contributed by atoms with E-state index in [0.29, 0.717) is 6.54 Å². The van der Waals surface area contributed by atoms with Crippen LogP contribution in [0.15, 0.2) is 23.1 Å². The van der Waals surface area contributed by atoms with Crippen molar-refractivity contribution in [1.82, 2.24) is 9.21 Å². The lowest BCUT2D eigenvalue weighted by Gasteiger charge is -2.28. The second kappa shape index (κ2) is 7.20. The molecule has 0 saturated heterocycles. The molecule has 128 valence electrons. The van der Waals surface area contributed by atoms with Gasteiger partial charge in [-0.1, -0.05) is 24.4 Å². The Morgan fingerprint density at radius 1 is 1.26 bits per heavy atom. The van der Waals surface area contributed by atoms with Crippen LogP contribution in [0.2, 0.25) is 5.02 Å². The monoisotopic (exact) mass is 358 g/mol. The van der Waals surface area contributed by atoms with Crippen molar-refractivity contribution in [2.45, 2.75) is 43.5 Å². The number of halogens is 1. The summed E-state index contributed by atoms with van der Waals surface area (Å²) in [6.45, 7) is 2.52. The first-order chi connectivity index (χ1) is 10.8. The molecule has 0 radical (unpaired) electrons. The van der Waals surface area contributed by atoms with Gasteiger partial charge in [0.1, 0.15) is 0 Å². The molecule has 1 saturated carbocycles. The predicted molar refractivity (Wildman–Crippen MR) is 91.3 cm³/mol.